The van der Waals surface area contributed by atoms with Crippen molar-refractivity contribution in [2.45, 2.75) is 32.7 Å². The number of para-hydroxylation sites is 1. The summed E-state index contributed by atoms with van der Waals surface area (Å²) in [4.78, 5) is 7.43. The van der Waals surface area contributed by atoms with Crippen LogP contribution < -0.4 is 0 Å². The number of hydrogen-bond acceptors (Lipinski definition) is 2. The molecular weight excluding hydrogens is 288 g/mol. The number of benzene rings is 1. The predicted molar refractivity (Wildman–Crippen MR) is 86.8 cm³/mol. The molecule has 0 spiro atoms. The van der Waals surface area contributed by atoms with Crippen LogP contribution in [0.3, 0.4) is 0 Å². The molecule has 0 saturated heterocycles. The first-order valence-corrected chi connectivity index (χ1v) is 8.16. The molecule has 0 radical (unpaired) electrons. The molecule has 0 saturated carbocycles. The van der Waals surface area contributed by atoms with Crippen molar-refractivity contribution in [3.8, 4) is 0 Å². The van der Waals surface area contributed by atoms with Gasteiger partial charge in [-0.25, -0.2) is 4.98 Å². The van der Waals surface area contributed by atoms with Gasteiger partial charge in [-0.1, -0.05) is 19.1 Å². The Morgan fingerprint density at radius 2 is 2.00 bits per heavy atom. The first-order valence-electron chi connectivity index (χ1n) is 6.81. The minimum atomic E-state index is 0.445. The van der Waals surface area contributed by atoms with Gasteiger partial charge in [-0.05, 0) is 37.1 Å². The third-order valence-electron chi connectivity index (χ3n) is 3.55. The summed E-state index contributed by atoms with van der Waals surface area (Å²) in [5.74, 6) is 1.39. The highest BCUT2D eigenvalue weighted by Gasteiger charge is 2.12. The van der Waals surface area contributed by atoms with Crippen LogP contribution in [0.15, 0.2) is 30.3 Å². The zero-order valence-electron chi connectivity index (χ0n) is 11.7. The molecule has 4 heteroatoms. The molecule has 0 aliphatic carbocycles. The normalized spacial score (nSPS) is 11.3. The Balaban J connectivity index is 2.09. The lowest BCUT2D eigenvalue weighted by Crippen LogP contribution is -2.03. The van der Waals surface area contributed by atoms with Gasteiger partial charge in [-0.15, -0.1) is 22.9 Å². The molecule has 0 fully saturated rings. The van der Waals surface area contributed by atoms with Crippen molar-refractivity contribution in [1.29, 1.82) is 0 Å². The van der Waals surface area contributed by atoms with Crippen LogP contribution in [0.1, 0.15) is 28.1 Å². The molecule has 0 N–H and O–H groups in total. The molecule has 3 rings (SSSR count). The molecule has 2 nitrogen and oxygen atoms in total. The number of aromatic nitrogens is 2. The Morgan fingerprint density at radius 1 is 1.20 bits per heavy atom. The Kier molecular flexibility index (Phi) is 3.81. The molecule has 20 heavy (non-hydrogen) atoms. The molecule has 3 aromatic rings. The highest BCUT2D eigenvalue weighted by molar-refractivity contribution is 7.11. The van der Waals surface area contributed by atoms with Crippen molar-refractivity contribution in [3.05, 3.63) is 51.5 Å². The monoisotopic (exact) mass is 304 g/mol. The van der Waals surface area contributed by atoms with E-state index in [2.05, 4.69) is 47.7 Å². The molecule has 104 valence electrons. The summed E-state index contributed by atoms with van der Waals surface area (Å²) in [7, 11) is 0. The summed E-state index contributed by atoms with van der Waals surface area (Å²) in [5, 5.41) is 0. The Labute approximate surface area is 128 Å². The molecule has 0 atom stereocenters. The van der Waals surface area contributed by atoms with Crippen LogP contribution in [0.25, 0.3) is 11.0 Å². The molecular formula is C16H17ClN2S. The van der Waals surface area contributed by atoms with E-state index in [0.29, 0.717) is 5.88 Å². The number of halogens is 1. The predicted octanol–water partition coefficient (Wildman–Crippen LogP) is 4.76. The summed E-state index contributed by atoms with van der Waals surface area (Å²) in [6.45, 7) is 5.18. The van der Waals surface area contributed by atoms with Crippen molar-refractivity contribution in [1.82, 2.24) is 9.55 Å². The van der Waals surface area contributed by atoms with Gasteiger partial charge in [-0.2, -0.15) is 0 Å². The van der Waals surface area contributed by atoms with Crippen LogP contribution >= 0.6 is 22.9 Å². The van der Waals surface area contributed by atoms with Crippen molar-refractivity contribution in [2.75, 3.05) is 0 Å². The quantitative estimate of drug-likeness (QED) is 0.636. The highest BCUT2D eigenvalue weighted by atomic mass is 35.5. The molecule has 2 heterocycles. The number of rotatable bonds is 4. The first-order chi connectivity index (χ1) is 9.72. The lowest BCUT2D eigenvalue weighted by Gasteiger charge is -2.07. The second-order valence-electron chi connectivity index (χ2n) is 4.91. The maximum atomic E-state index is 6.07. The van der Waals surface area contributed by atoms with E-state index in [1.54, 1.807) is 0 Å². The van der Waals surface area contributed by atoms with Crippen LogP contribution in [0.2, 0.25) is 0 Å². The van der Waals surface area contributed by atoms with Gasteiger partial charge in [-0.3, -0.25) is 0 Å². The number of hydrogen-bond donors (Lipinski definition) is 0. The largest absolute Gasteiger partial charge is 0.321 e. The molecule has 0 bridgehead atoms. The smallest absolute Gasteiger partial charge is 0.125 e. The Morgan fingerprint density at radius 3 is 2.70 bits per heavy atom. The van der Waals surface area contributed by atoms with Crippen LogP contribution in [0.5, 0.6) is 0 Å². The number of fused-ring (bicyclic) bond motifs is 1. The van der Waals surface area contributed by atoms with Gasteiger partial charge in [0.05, 0.1) is 23.5 Å². The van der Waals surface area contributed by atoms with Gasteiger partial charge in [0.15, 0.2) is 0 Å². The summed E-state index contributed by atoms with van der Waals surface area (Å²) in [5.41, 5.74) is 3.49. The van der Waals surface area contributed by atoms with Crippen LogP contribution in [-0.4, -0.2) is 9.55 Å². The topological polar surface area (TPSA) is 17.8 Å². The van der Waals surface area contributed by atoms with E-state index in [-0.39, 0.29) is 0 Å². The lowest BCUT2D eigenvalue weighted by molar-refractivity contribution is 0.787. The second kappa shape index (κ2) is 5.58. The molecule has 2 aromatic heterocycles. The Hall–Kier alpha value is -1.32. The van der Waals surface area contributed by atoms with E-state index in [0.717, 1.165) is 24.3 Å². The number of aryl methyl sites for hydroxylation is 2. The summed E-state index contributed by atoms with van der Waals surface area (Å²) >= 11 is 7.95. The maximum absolute atomic E-state index is 6.07. The second-order valence-corrected chi connectivity index (χ2v) is 6.43. The minimum absolute atomic E-state index is 0.445. The molecule has 0 amide bonds. The van der Waals surface area contributed by atoms with E-state index < -0.39 is 0 Å². The molecule has 1 aromatic carbocycles. The van der Waals surface area contributed by atoms with Gasteiger partial charge in [0.1, 0.15) is 5.82 Å². The zero-order valence-corrected chi connectivity index (χ0v) is 13.3. The van der Waals surface area contributed by atoms with E-state index >= 15 is 0 Å². The van der Waals surface area contributed by atoms with E-state index in [4.69, 9.17) is 11.6 Å². The summed E-state index contributed by atoms with van der Waals surface area (Å²) in [6.07, 6.45) is 1.09. The number of nitrogens with zero attached hydrogens (tertiary/aromatic N) is 2. The standard InChI is InChI=1S/C16H17ClN2S/c1-3-12-7-8-13(20-12)10-19-15(9-17)18-14-6-4-5-11(2)16(14)19/h4-8H,3,9-10H2,1-2H3. The van der Waals surface area contributed by atoms with Gasteiger partial charge in [0, 0.05) is 9.75 Å². The molecule has 0 aliphatic rings. The van der Waals surface area contributed by atoms with Gasteiger partial charge >= 0.3 is 0 Å². The maximum Gasteiger partial charge on any atom is 0.125 e. The fourth-order valence-electron chi connectivity index (χ4n) is 2.54. The molecule has 0 unspecified atom stereocenters. The number of imidazole rings is 1. The van der Waals surface area contributed by atoms with Crippen molar-refractivity contribution in [2.24, 2.45) is 0 Å². The number of thiophene rings is 1. The van der Waals surface area contributed by atoms with Crippen molar-refractivity contribution < 1.29 is 0 Å². The van der Waals surface area contributed by atoms with Crippen LogP contribution in [0, 0.1) is 6.92 Å². The van der Waals surface area contributed by atoms with Gasteiger partial charge in [0.25, 0.3) is 0 Å². The van der Waals surface area contributed by atoms with Gasteiger partial charge in [0.2, 0.25) is 0 Å². The number of alkyl halides is 1. The van der Waals surface area contributed by atoms with Crippen LogP contribution in [0.4, 0.5) is 0 Å². The highest BCUT2D eigenvalue weighted by Crippen LogP contribution is 2.25. The Bertz CT molecular complexity index is 742. The summed E-state index contributed by atoms with van der Waals surface area (Å²) < 4.78 is 2.25. The van der Waals surface area contributed by atoms with E-state index in [1.807, 2.05) is 17.4 Å². The van der Waals surface area contributed by atoms with Gasteiger partial charge < -0.3 is 4.57 Å². The third-order valence-corrected chi connectivity index (χ3v) is 5.00. The molecule has 0 aliphatic heterocycles. The van der Waals surface area contributed by atoms with Crippen molar-refractivity contribution in [3.63, 3.8) is 0 Å². The van der Waals surface area contributed by atoms with E-state index in [9.17, 15) is 0 Å². The lowest BCUT2D eigenvalue weighted by atomic mass is 10.2. The van der Waals surface area contributed by atoms with E-state index in [1.165, 1.54) is 20.8 Å². The third kappa shape index (κ3) is 2.36. The minimum Gasteiger partial charge on any atom is -0.321 e. The fraction of sp³-hybridized carbons (Fsp3) is 0.312. The first kappa shape index (κ1) is 13.7. The average molecular weight is 305 g/mol. The van der Waals surface area contributed by atoms with Crippen LogP contribution in [-0.2, 0) is 18.8 Å². The van der Waals surface area contributed by atoms with Crippen molar-refractivity contribution >= 4 is 34.0 Å². The fourth-order valence-corrected chi connectivity index (χ4v) is 3.69. The SMILES string of the molecule is CCc1ccc(Cn2c(CCl)nc3cccc(C)c32)s1. The summed E-state index contributed by atoms with van der Waals surface area (Å²) in [6, 6.07) is 10.7. The zero-order chi connectivity index (χ0) is 14.1. The average Bonchev–Trinajstić information content (AvgIpc) is 3.04.